The minimum absolute atomic E-state index is 0.226. The molecule has 2 N–H and O–H groups in total. The van der Waals surface area contributed by atoms with Crippen LogP contribution in [-0.4, -0.2) is 51.8 Å². The van der Waals surface area contributed by atoms with Crippen LogP contribution in [0.5, 0.6) is 5.75 Å². The van der Waals surface area contributed by atoms with Crippen molar-refractivity contribution in [2.45, 2.75) is 25.4 Å². The summed E-state index contributed by atoms with van der Waals surface area (Å²) >= 11 is 0. The molecule has 3 aromatic rings. The molecule has 0 bridgehead atoms. The van der Waals surface area contributed by atoms with Crippen LogP contribution in [0.4, 0.5) is 21.8 Å². The Morgan fingerprint density at radius 2 is 2.03 bits per heavy atom. The van der Waals surface area contributed by atoms with E-state index in [2.05, 4.69) is 42.2 Å². The molecule has 1 aromatic carbocycles. The van der Waals surface area contributed by atoms with Gasteiger partial charge < -0.3 is 19.8 Å². The van der Waals surface area contributed by atoms with Crippen LogP contribution >= 0.6 is 0 Å². The fourth-order valence-corrected chi connectivity index (χ4v) is 3.80. The van der Waals surface area contributed by atoms with E-state index >= 15 is 4.39 Å². The second kappa shape index (κ2) is 8.70. The van der Waals surface area contributed by atoms with Gasteiger partial charge in [-0.1, -0.05) is 19.6 Å². The number of aromatic nitrogens is 4. The zero-order valence-corrected chi connectivity index (χ0v) is 17.5. The van der Waals surface area contributed by atoms with E-state index in [4.69, 9.17) is 11.3 Å². The average molecular weight is 421 g/mol. The van der Waals surface area contributed by atoms with Crippen molar-refractivity contribution in [1.82, 2.24) is 25.1 Å². The van der Waals surface area contributed by atoms with Gasteiger partial charge in [-0.2, -0.15) is 5.10 Å². The van der Waals surface area contributed by atoms with Gasteiger partial charge in [0.1, 0.15) is 11.4 Å². The van der Waals surface area contributed by atoms with Gasteiger partial charge in [0.2, 0.25) is 0 Å². The molecule has 0 saturated carbocycles. The summed E-state index contributed by atoms with van der Waals surface area (Å²) in [5.41, 5.74) is 0.826. The number of ether oxygens (including phenoxy) is 1. The third-order valence-corrected chi connectivity index (χ3v) is 5.69. The molecule has 0 atom stereocenters. The number of alkyl halides is 1. The van der Waals surface area contributed by atoms with Gasteiger partial charge in [-0.15, -0.1) is 4.98 Å². The van der Waals surface area contributed by atoms with Crippen LogP contribution < -0.4 is 10.1 Å². The van der Waals surface area contributed by atoms with E-state index in [1.54, 1.807) is 13.2 Å². The van der Waals surface area contributed by atoms with Crippen LogP contribution in [0.25, 0.3) is 16.1 Å². The number of benzene rings is 1. The third-order valence-electron chi connectivity index (χ3n) is 5.69. The van der Waals surface area contributed by atoms with Crippen molar-refractivity contribution in [3.8, 4) is 17.0 Å². The van der Waals surface area contributed by atoms with Crippen molar-refractivity contribution >= 4 is 17.5 Å². The number of methoxy groups -OCH3 is 1. The molecule has 1 aliphatic heterocycles. The summed E-state index contributed by atoms with van der Waals surface area (Å²) in [5, 5.41) is 10.3. The van der Waals surface area contributed by atoms with Crippen molar-refractivity contribution in [3.63, 3.8) is 0 Å². The molecule has 0 aliphatic carbocycles. The largest absolute Gasteiger partial charge is 0.496 e. The first-order chi connectivity index (χ1) is 15.0. The summed E-state index contributed by atoms with van der Waals surface area (Å²) in [6.45, 7) is 11.5. The Hall–Kier alpha value is -3.51. The van der Waals surface area contributed by atoms with Crippen molar-refractivity contribution in [2.75, 3.05) is 32.1 Å². The number of nitrogens with zero attached hydrogens (tertiary/aromatic N) is 5. The van der Waals surface area contributed by atoms with Crippen LogP contribution in [0.1, 0.15) is 25.3 Å². The molecule has 1 aliphatic rings. The Morgan fingerprint density at radius 3 is 2.68 bits per heavy atom. The molecule has 9 heteroatoms. The minimum Gasteiger partial charge on any atom is -0.496 e. The van der Waals surface area contributed by atoms with Gasteiger partial charge in [-0.05, 0) is 37.1 Å². The number of hydrogen-bond acceptors (Lipinski definition) is 6. The number of hydrogen-bond donors (Lipinski definition) is 2. The number of likely N-dealkylation sites (tertiary alicyclic amines) is 1. The van der Waals surface area contributed by atoms with Gasteiger partial charge in [-0.3, -0.25) is 5.10 Å². The summed E-state index contributed by atoms with van der Waals surface area (Å²) in [5.74, 6) is 1.83. The first kappa shape index (κ1) is 20.8. The number of aromatic amines is 1. The molecule has 0 unspecified atom stereocenters. The van der Waals surface area contributed by atoms with E-state index < -0.39 is 5.67 Å². The summed E-state index contributed by atoms with van der Waals surface area (Å²) in [4.78, 5) is 13.6. The topological polar surface area (TPSA) is 83.3 Å². The van der Waals surface area contributed by atoms with Crippen LogP contribution in [0.2, 0.25) is 0 Å². The summed E-state index contributed by atoms with van der Waals surface area (Å²) in [6.07, 6.45) is 3.83. The number of piperidine rings is 1. The summed E-state index contributed by atoms with van der Waals surface area (Å²) < 4.78 is 21.2. The number of nitrogens with one attached hydrogen (secondary N) is 2. The average Bonchev–Trinajstić information content (AvgIpc) is 3.28. The van der Waals surface area contributed by atoms with Gasteiger partial charge in [0, 0.05) is 24.7 Å². The highest BCUT2D eigenvalue weighted by atomic mass is 19.1. The quantitative estimate of drug-likeness (QED) is 0.572. The van der Waals surface area contributed by atoms with Crippen LogP contribution in [0, 0.1) is 6.57 Å². The van der Waals surface area contributed by atoms with Crippen molar-refractivity contribution in [1.29, 1.82) is 0 Å². The molecular weight excluding hydrogens is 397 g/mol. The lowest BCUT2D eigenvalue weighted by Gasteiger charge is -2.36. The SMILES string of the molecule is [C-]#[N+]c1cnc(Nc2cc(-c3ccc(C4(F)CCN(CC)CC4)cc3OC)[nH]n2)cn1. The predicted octanol–water partition coefficient (Wildman–Crippen LogP) is 4.45. The smallest absolute Gasteiger partial charge is 0.288 e. The zero-order chi connectivity index (χ0) is 21.8. The molecule has 8 nitrogen and oxygen atoms in total. The second-order valence-corrected chi connectivity index (χ2v) is 7.48. The van der Waals surface area contributed by atoms with Gasteiger partial charge in [0.25, 0.3) is 5.82 Å². The molecule has 31 heavy (non-hydrogen) atoms. The molecule has 1 saturated heterocycles. The highest BCUT2D eigenvalue weighted by Gasteiger charge is 2.36. The van der Waals surface area contributed by atoms with Crippen molar-refractivity contribution in [3.05, 3.63) is 53.6 Å². The maximum atomic E-state index is 15.6. The van der Waals surface area contributed by atoms with Crippen molar-refractivity contribution in [2.24, 2.45) is 0 Å². The monoisotopic (exact) mass is 421 g/mol. The highest BCUT2D eigenvalue weighted by Crippen LogP contribution is 2.41. The van der Waals surface area contributed by atoms with Crippen LogP contribution in [0.3, 0.4) is 0 Å². The molecule has 1 fully saturated rings. The number of rotatable bonds is 6. The Labute approximate surface area is 180 Å². The van der Waals surface area contributed by atoms with Gasteiger partial charge in [-0.25, -0.2) is 9.37 Å². The Balaban J connectivity index is 1.54. The zero-order valence-electron chi connectivity index (χ0n) is 17.5. The minimum atomic E-state index is -1.34. The fraction of sp³-hybridized carbons (Fsp3) is 0.364. The maximum absolute atomic E-state index is 15.6. The van der Waals surface area contributed by atoms with E-state index in [0.717, 1.165) is 30.9 Å². The van der Waals surface area contributed by atoms with E-state index in [9.17, 15) is 0 Å². The van der Waals surface area contributed by atoms with Gasteiger partial charge in [0.15, 0.2) is 17.8 Å². The molecule has 2 aromatic heterocycles. The number of halogens is 1. The number of anilines is 2. The van der Waals surface area contributed by atoms with E-state index in [-0.39, 0.29) is 5.82 Å². The molecule has 160 valence electrons. The highest BCUT2D eigenvalue weighted by molar-refractivity contribution is 5.71. The summed E-state index contributed by atoms with van der Waals surface area (Å²) in [7, 11) is 1.58. The lowest BCUT2D eigenvalue weighted by Crippen LogP contribution is -2.40. The second-order valence-electron chi connectivity index (χ2n) is 7.48. The molecule has 0 radical (unpaired) electrons. The van der Waals surface area contributed by atoms with Crippen LogP contribution in [-0.2, 0) is 5.67 Å². The fourth-order valence-electron chi connectivity index (χ4n) is 3.80. The van der Waals surface area contributed by atoms with Crippen LogP contribution in [0.15, 0.2) is 36.7 Å². The summed E-state index contributed by atoms with van der Waals surface area (Å²) in [6, 6.07) is 7.30. The van der Waals surface area contributed by atoms with Gasteiger partial charge in [0.05, 0.1) is 19.0 Å². The predicted molar refractivity (Wildman–Crippen MR) is 116 cm³/mol. The Bertz CT molecular complexity index is 1080. The molecule has 0 spiro atoms. The molecular formula is C22H24FN7O. The van der Waals surface area contributed by atoms with E-state index in [1.807, 2.05) is 18.2 Å². The third kappa shape index (κ3) is 4.34. The number of H-pyrrole nitrogens is 1. The van der Waals surface area contributed by atoms with Gasteiger partial charge >= 0.3 is 0 Å². The van der Waals surface area contributed by atoms with E-state index in [0.29, 0.717) is 35.8 Å². The first-order valence-electron chi connectivity index (χ1n) is 10.2. The lowest BCUT2D eigenvalue weighted by molar-refractivity contribution is 0.0583. The molecule has 3 heterocycles. The molecule has 4 rings (SSSR count). The molecule has 0 amide bonds. The standard InChI is InChI=1S/C22H24FN7O/c1-4-30-9-7-22(23,8-10-30)15-5-6-16(18(11-15)31-3)17-12-19(29-28-17)27-21-14-25-20(24-2)13-26-21/h5-6,11-14H,4,7-10H2,1,3H3,(H2,26,27,28,29). The Morgan fingerprint density at radius 1 is 1.23 bits per heavy atom. The van der Waals surface area contributed by atoms with E-state index in [1.165, 1.54) is 12.4 Å². The normalized spacial score (nSPS) is 15.9. The maximum Gasteiger partial charge on any atom is 0.288 e. The Kier molecular flexibility index (Phi) is 5.82. The lowest BCUT2D eigenvalue weighted by atomic mass is 9.85. The first-order valence-corrected chi connectivity index (χ1v) is 10.2. The van der Waals surface area contributed by atoms with Crippen molar-refractivity contribution < 1.29 is 9.13 Å².